The zero-order valence-corrected chi connectivity index (χ0v) is 17.2. The van der Waals surface area contributed by atoms with E-state index in [0.29, 0.717) is 22.8 Å². The number of nitrogens with zero attached hydrogens (tertiary/aromatic N) is 2. The summed E-state index contributed by atoms with van der Waals surface area (Å²) in [6.45, 7) is -0.211. The van der Waals surface area contributed by atoms with Crippen LogP contribution in [0.15, 0.2) is 40.9 Å². The van der Waals surface area contributed by atoms with E-state index >= 15 is 0 Å². The Morgan fingerprint density at radius 3 is 2.31 bits per heavy atom. The number of methoxy groups -OCH3 is 3. The molecule has 0 atom stereocenters. The van der Waals surface area contributed by atoms with Crippen molar-refractivity contribution in [3.63, 3.8) is 0 Å². The second-order valence-electron chi connectivity index (χ2n) is 6.28. The molecule has 9 nitrogen and oxygen atoms in total. The number of halogens is 3. The van der Waals surface area contributed by atoms with E-state index < -0.39 is 17.8 Å². The van der Waals surface area contributed by atoms with Crippen molar-refractivity contribution in [1.82, 2.24) is 15.5 Å². The molecule has 2 aromatic carbocycles. The van der Waals surface area contributed by atoms with E-state index in [2.05, 4.69) is 20.8 Å². The first-order chi connectivity index (χ1) is 15.3. The number of urea groups is 1. The molecule has 2 amide bonds. The summed E-state index contributed by atoms with van der Waals surface area (Å²) in [4.78, 5) is 16.2. The van der Waals surface area contributed by atoms with Gasteiger partial charge in [0.25, 0.3) is 0 Å². The van der Waals surface area contributed by atoms with Crippen LogP contribution in [-0.4, -0.2) is 37.5 Å². The van der Waals surface area contributed by atoms with Gasteiger partial charge in [0, 0.05) is 5.56 Å². The highest BCUT2D eigenvalue weighted by Crippen LogP contribution is 2.40. The number of rotatable bonds is 7. The average molecular weight is 452 g/mol. The highest BCUT2D eigenvalue weighted by Gasteiger charge is 2.33. The lowest BCUT2D eigenvalue weighted by Gasteiger charge is -2.13. The molecule has 0 aliphatic carbocycles. The number of carbonyl (C=O) groups excluding carboxylic acids is 1. The van der Waals surface area contributed by atoms with Gasteiger partial charge in [-0.2, -0.15) is 18.2 Å². The Labute approximate surface area is 180 Å². The van der Waals surface area contributed by atoms with Crippen LogP contribution < -0.4 is 24.8 Å². The lowest BCUT2D eigenvalue weighted by atomic mass is 10.1. The van der Waals surface area contributed by atoms with Gasteiger partial charge >= 0.3 is 12.2 Å². The minimum atomic E-state index is -4.61. The Morgan fingerprint density at radius 1 is 1.06 bits per heavy atom. The van der Waals surface area contributed by atoms with E-state index in [9.17, 15) is 18.0 Å². The SMILES string of the molecule is COc1cc(-c2noc(CNC(=O)Nc3ccccc3C(F)(F)F)n2)cc(OC)c1OC. The number of para-hydroxylation sites is 1. The standard InChI is InChI=1S/C20H19F3N4O5/c1-29-14-8-11(9-15(30-2)17(14)31-3)18-26-16(32-27-18)10-24-19(28)25-13-7-5-4-6-12(13)20(21,22)23/h4-9H,10H2,1-3H3,(H2,24,25,28). The van der Waals surface area contributed by atoms with Gasteiger partial charge in [0.05, 0.1) is 39.1 Å². The Morgan fingerprint density at radius 2 is 1.72 bits per heavy atom. The highest BCUT2D eigenvalue weighted by atomic mass is 19.4. The highest BCUT2D eigenvalue weighted by molar-refractivity contribution is 5.90. The molecule has 0 fully saturated rings. The molecule has 0 unspecified atom stereocenters. The van der Waals surface area contributed by atoms with Crippen LogP contribution in [0.4, 0.5) is 23.7 Å². The van der Waals surface area contributed by atoms with E-state index in [0.717, 1.165) is 12.1 Å². The van der Waals surface area contributed by atoms with Crippen molar-refractivity contribution in [2.45, 2.75) is 12.7 Å². The number of aromatic nitrogens is 2. The maximum atomic E-state index is 13.0. The van der Waals surface area contributed by atoms with Gasteiger partial charge in [0.1, 0.15) is 0 Å². The van der Waals surface area contributed by atoms with E-state index in [4.69, 9.17) is 18.7 Å². The summed E-state index contributed by atoms with van der Waals surface area (Å²) in [6.07, 6.45) is -4.61. The van der Waals surface area contributed by atoms with Gasteiger partial charge in [0.15, 0.2) is 11.5 Å². The number of alkyl halides is 3. The molecule has 3 rings (SSSR count). The molecule has 0 saturated carbocycles. The number of carbonyl (C=O) groups is 1. The average Bonchev–Trinajstić information content (AvgIpc) is 3.25. The third kappa shape index (κ3) is 5.02. The predicted molar refractivity (Wildman–Crippen MR) is 107 cm³/mol. The topological polar surface area (TPSA) is 108 Å². The molecule has 0 aliphatic rings. The summed E-state index contributed by atoms with van der Waals surface area (Å²) in [5, 5.41) is 8.38. The summed E-state index contributed by atoms with van der Waals surface area (Å²) in [5.74, 6) is 1.37. The molecule has 12 heteroatoms. The molecule has 0 saturated heterocycles. The van der Waals surface area contributed by atoms with Gasteiger partial charge in [0.2, 0.25) is 17.5 Å². The summed E-state index contributed by atoms with van der Waals surface area (Å²) in [7, 11) is 4.39. The second kappa shape index (κ2) is 9.45. The third-order valence-corrected chi connectivity index (χ3v) is 4.27. The molecule has 0 aliphatic heterocycles. The zero-order valence-electron chi connectivity index (χ0n) is 17.2. The molecule has 32 heavy (non-hydrogen) atoms. The molecule has 170 valence electrons. The molecule has 1 heterocycles. The van der Waals surface area contributed by atoms with Gasteiger partial charge < -0.3 is 29.4 Å². The fourth-order valence-electron chi connectivity index (χ4n) is 2.82. The maximum absolute atomic E-state index is 13.0. The van der Waals surface area contributed by atoms with Crippen molar-refractivity contribution < 1.29 is 36.7 Å². The van der Waals surface area contributed by atoms with E-state index in [1.54, 1.807) is 12.1 Å². The quantitative estimate of drug-likeness (QED) is 0.556. The predicted octanol–water partition coefficient (Wildman–Crippen LogP) is 4.10. The number of anilines is 1. The van der Waals surface area contributed by atoms with Crippen LogP contribution in [0.25, 0.3) is 11.4 Å². The summed E-state index contributed by atoms with van der Waals surface area (Å²) in [5.41, 5.74) is -0.836. The normalized spacial score (nSPS) is 11.1. The van der Waals surface area contributed by atoms with Crippen LogP contribution in [0.2, 0.25) is 0 Å². The summed E-state index contributed by atoms with van der Waals surface area (Å²) < 4.78 is 60.0. The van der Waals surface area contributed by atoms with Gasteiger partial charge in [-0.3, -0.25) is 0 Å². The van der Waals surface area contributed by atoms with Gasteiger partial charge in [-0.05, 0) is 24.3 Å². The number of ether oxygens (including phenoxy) is 3. The molecule has 3 aromatic rings. The summed E-state index contributed by atoms with van der Waals surface area (Å²) in [6, 6.07) is 7.00. The molecule has 0 bridgehead atoms. The van der Waals surface area contributed by atoms with Gasteiger partial charge in [-0.1, -0.05) is 17.3 Å². The number of amides is 2. The van der Waals surface area contributed by atoms with Crippen molar-refractivity contribution in [3.8, 4) is 28.6 Å². The van der Waals surface area contributed by atoms with Crippen molar-refractivity contribution in [1.29, 1.82) is 0 Å². The van der Waals surface area contributed by atoms with Crippen LogP contribution >= 0.6 is 0 Å². The Hall–Kier alpha value is -3.96. The Bertz CT molecular complexity index is 1080. The lowest BCUT2D eigenvalue weighted by molar-refractivity contribution is -0.136. The fourth-order valence-corrected chi connectivity index (χ4v) is 2.82. The zero-order chi connectivity index (χ0) is 23.3. The van der Waals surface area contributed by atoms with E-state index in [1.807, 2.05) is 0 Å². The van der Waals surface area contributed by atoms with Crippen LogP contribution in [0.3, 0.4) is 0 Å². The summed E-state index contributed by atoms with van der Waals surface area (Å²) >= 11 is 0. The first kappa shape index (κ1) is 22.7. The van der Waals surface area contributed by atoms with Crippen LogP contribution in [-0.2, 0) is 12.7 Å². The number of hydrogen-bond donors (Lipinski definition) is 2. The molecule has 2 N–H and O–H groups in total. The second-order valence-corrected chi connectivity index (χ2v) is 6.28. The minimum Gasteiger partial charge on any atom is -0.493 e. The fraction of sp³-hybridized carbons (Fsp3) is 0.250. The molecule has 1 aromatic heterocycles. The molecule has 0 radical (unpaired) electrons. The van der Waals surface area contributed by atoms with Crippen molar-refractivity contribution in [2.75, 3.05) is 26.6 Å². The van der Waals surface area contributed by atoms with Crippen molar-refractivity contribution in [3.05, 3.63) is 47.9 Å². The van der Waals surface area contributed by atoms with Crippen LogP contribution in [0.1, 0.15) is 11.5 Å². The third-order valence-electron chi connectivity index (χ3n) is 4.27. The Kier molecular flexibility index (Phi) is 6.71. The van der Waals surface area contributed by atoms with Crippen LogP contribution in [0.5, 0.6) is 17.2 Å². The monoisotopic (exact) mass is 452 g/mol. The largest absolute Gasteiger partial charge is 0.493 e. The Balaban J connectivity index is 1.70. The van der Waals surface area contributed by atoms with Gasteiger partial charge in [-0.15, -0.1) is 0 Å². The molecular formula is C20H19F3N4O5. The molecule has 0 spiro atoms. The number of nitrogens with one attached hydrogen (secondary N) is 2. The minimum absolute atomic E-state index is 0.0352. The number of benzene rings is 2. The van der Waals surface area contributed by atoms with Crippen molar-refractivity contribution >= 4 is 11.7 Å². The molecular weight excluding hydrogens is 433 g/mol. The smallest absolute Gasteiger partial charge is 0.418 e. The van der Waals surface area contributed by atoms with E-state index in [-0.39, 0.29) is 23.9 Å². The van der Waals surface area contributed by atoms with E-state index in [1.165, 1.54) is 33.5 Å². The van der Waals surface area contributed by atoms with Crippen LogP contribution in [0, 0.1) is 0 Å². The first-order valence-electron chi connectivity index (χ1n) is 9.10. The first-order valence-corrected chi connectivity index (χ1v) is 9.10. The van der Waals surface area contributed by atoms with Gasteiger partial charge in [-0.25, -0.2) is 4.79 Å². The lowest BCUT2D eigenvalue weighted by Crippen LogP contribution is -2.29. The van der Waals surface area contributed by atoms with Crippen molar-refractivity contribution in [2.24, 2.45) is 0 Å². The maximum Gasteiger partial charge on any atom is 0.418 e. The number of hydrogen-bond acceptors (Lipinski definition) is 7.